The lowest BCUT2D eigenvalue weighted by Crippen LogP contribution is -2.32. The Labute approximate surface area is 127 Å². The molecular weight excluding hydrogens is 344 g/mol. The monoisotopic (exact) mass is 362 g/mol. The van der Waals surface area contributed by atoms with Crippen molar-refractivity contribution in [3.05, 3.63) is 22.2 Å². The number of hydrogen-bond acceptors (Lipinski definition) is 4. The van der Waals surface area contributed by atoms with Crippen molar-refractivity contribution >= 4 is 31.6 Å². The molecule has 0 saturated heterocycles. The third-order valence-electron chi connectivity index (χ3n) is 3.81. The molecule has 0 heterocycles. The molecule has 2 unspecified atom stereocenters. The first-order chi connectivity index (χ1) is 9.31. The summed E-state index contributed by atoms with van der Waals surface area (Å²) in [5.74, 6) is -0.00502. The van der Waals surface area contributed by atoms with Crippen LogP contribution in [0.1, 0.15) is 24.8 Å². The number of anilines is 1. The van der Waals surface area contributed by atoms with E-state index in [2.05, 4.69) is 20.7 Å². The molecule has 1 aromatic rings. The molecule has 0 spiro atoms. The van der Waals surface area contributed by atoms with Crippen molar-refractivity contribution in [3.8, 4) is 0 Å². The van der Waals surface area contributed by atoms with Gasteiger partial charge in [0.1, 0.15) is 0 Å². The second kappa shape index (κ2) is 6.01. The third-order valence-corrected chi connectivity index (χ3v) is 5.82. The van der Waals surface area contributed by atoms with Crippen LogP contribution in [0.4, 0.5) is 5.69 Å². The smallest absolute Gasteiger partial charge is 0.240 e. The summed E-state index contributed by atoms with van der Waals surface area (Å²) < 4.78 is 27.9. The quantitative estimate of drug-likeness (QED) is 0.711. The summed E-state index contributed by atoms with van der Waals surface area (Å²) in [4.78, 5) is 0.178. The zero-order valence-corrected chi connectivity index (χ0v) is 13.7. The molecule has 4 N–H and O–H groups in total. The molecule has 0 radical (unpaired) electrons. The minimum absolute atomic E-state index is 0.00502. The second-order valence-electron chi connectivity index (χ2n) is 5.23. The van der Waals surface area contributed by atoms with Gasteiger partial charge in [0.25, 0.3) is 0 Å². The molecule has 1 aliphatic rings. The van der Waals surface area contributed by atoms with Crippen molar-refractivity contribution < 1.29 is 13.5 Å². The van der Waals surface area contributed by atoms with E-state index in [-0.39, 0.29) is 17.4 Å². The van der Waals surface area contributed by atoms with E-state index in [1.54, 1.807) is 19.1 Å². The van der Waals surface area contributed by atoms with Crippen LogP contribution in [0.15, 0.2) is 21.5 Å². The van der Waals surface area contributed by atoms with E-state index in [4.69, 9.17) is 5.73 Å². The van der Waals surface area contributed by atoms with Gasteiger partial charge >= 0.3 is 0 Å². The maximum atomic E-state index is 12.4. The fourth-order valence-corrected chi connectivity index (χ4v) is 4.52. The highest BCUT2D eigenvalue weighted by atomic mass is 79.9. The average molecular weight is 363 g/mol. The average Bonchev–Trinajstić information content (AvgIpc) is 2.77. The first-order valence-corrected chi connectivity index (χ1v) is 8.82. The Morgan fingerprint density at radius 3 is 2.75 bits per heavy atom. The topological polar surface area (TPSA) is 92.4 Å². The van der Waals surface area contributed by atoms with Crippen LogP contribution in [-0.4, -0.2) is 26.2 Å². The molecule has 7 heteroatoms. The molecule has 0 bridgehead atoms. The maximum Gasteiger partial charge on any atom is 0.240 e. The van der Waals surface area contributed by atoms with Crippen molar-refractivity contribution in [1.29, 1.82) is 0 Å². The lowest BCUT2D eigenvalue weighted by atomic mass is 10.1. The summed E-state index contributed by atoms with van der Waals surface area (Å²) in [7, 11) is -3.62. The number of nitrogen functional groups attached to an aromatic ring is 1. The highest BCUT2D eigenvalue weighted by Gasteiger charge is 2.27. The summed E-state index contributed by atoms with van der Waals surface area (Å²) in [6, 6.07) is 3.22. The molecule has 20 heavy (non-hydrogen) atoms. The van der Waals surface area contributed by atoms with Crippen LogP contribution in [0.25, 0.3) is 0 Å². The lowest BCUT2D eigenvalue weighted by molar-refractivity contribution is 0.134. The van der Waals surface area contributed by atoms with E-state index in [1.165, 1.54) is 0 Å². The number of aliphatic hydroxyl groups is 1. The normalized spacial score (nSPS) is 23.1. The van der Waals surface area contributed by atoms with E-state index in [0.717, 1.165) is 19.3 Å². The number of nitrogens with two attached hydrogens (primary N) is 1. The van der Waals surface area contributed by atoms with Gasteiger partial charge in [-0.2, -0.15) is 0 Å². The number of nitrogens with one attached hydrogen (secondary N) is 1. The van der Waals surface area contributed by atoms with Gasteiger partial charge in [-0.15, -0.1) is 0 Å². The molecule has 0 amide bonds. The third kappa shape index (κ3) is 3.33. The Kier molecular flexibility index (Phi) is 4.73. The van der Waals surface area contributed by atoms with Crippen molar-refractivity contribution in [2.24, 2.45) is 5.92 Å². The molecule has 112 valence electrons. The van der Waals surface area contributed by atoms with Gasteiger partial charge in [0.2, 0.25) is 10.0 Å². The van der Waals surface area contributed by atoms with Crippen molar-refractivity contribution in [2.45, 2.75) is 37.2 Å². The molecule has 1 saturated carbocycles. The summed E-state index contributed by atoms with van der Waals surface area (Å²) in [5.41, 5.74) is 6.76. The van der Waals surface area contributed by atoms with Crippen LogP contribution >= 0.6 is 15.9 Å². The van der Waals surface area contributed by atoms with Gasteiger partial charge in [0.05, 0.1) is 11.0 Å². The van der Waals surface area contributed by atoms with Gasteiger partial charge < -0.3 is 10.8 Å². The van der Waals surface area contributed by atoms with Gasteiger partial charge in [0, 0.05) is 16.7 Å². The molecule has 2 atom stereocenters. The number of aliphatic hydroxyl groups excluding tert-OH is 1. The lowest BCUT2D eigenvalue weighted by Gasteiger charge is -2.16. The predicted molar refractivity (Wildman–Crippen MR) is 81.8 cm³/mol. The Morgan fingerprint density at radius 2 is 2.15 bits per heavy atom. The van der Waals surface area contributed by atoms with Crippen LogP contribution in [0.2, 0.25) is 0 Å². The van der Waals surface area contributed by atoms with Crippen LogP contribution in [-0.2, 0) is 10.0 Å². The standard InChI is InChI=1S/C13H19BrN2O3S/c1-8-11(15)5-10(14)6-13(8)20(18,19)16-7-9-3-2-4-12(9)17/h5-6,9,12,16-17H,2-4,7,15H2,1H3. The van der Waals surface area contributed by atoms with Crippen molar-refractivity contribution in [2.75, 3.05) is 12.3 Å². The van der Waals surface area contributed by atoms with Gasteiger partial charge in [-0.1, -0.05) is 22.4 Å². The first-order valence-electron chi connectivity index (χ1n) is 6.54. The van der Waals surface area contributed by atoms with Crippen molar-refractivity contribution in [3.63, 3.8) is 0 Å². The molecule has 1 fully saturated rings. The van der Waals surface area contributed by atoms with Gasteiger partial charge in [-0.25, -0.2) is 13.1 Å². The number of sulfonamides is 1. The minimum atomic E-state index is -3.62. The molecule has 5 nitrogen and oxygen atoms in total. The van der Waals surface area contributed by atoms with E-state index in [9.17, 15) is 13.5 Å². The molecule has 1 aliphatic carbocycles. The summed E-state index contributed by atoms with van der Waals surface area (Å²) >= 11 is 3.25. The highest BCUT2D eigenvalue weighted by Crippen LogP contribution is 2.28. The van der Waals surface area contributed by atoms with Gasteiger partial charge in [0.15, 0.2) is 0 Å². The van der Waals surface area contributed by atoms with E-state index >= 15 is 0 Å². The minimum Gasteiger partial charge on any atom is -0.398 e. The first kappa shape index (κ1) is 15.8. The maximum absolute atomic E-state index is 12.4. The number of rotatable bonds is 4. The second-order valence-corrected chi connectivity index (χ2v) is 7.88. The van der Waals surface area contributed by atoms with Gasteiger partial charge in [-0.05, 0) is 43.4 Å². The van der Waals surface area contributed by atoms with Crippen LogP contribution in [0, 0.1) is 12.8 Å². The van der Waals surface area contributed by atoms with E-state index in [0.29, 0.717) is 15.7 Å². The Bertz CT molecular complexity index is 604. The summed E-state index contributed by atoms with van der Waals surface area (Å²) in [6.07, 6.45) is 2.13. The number of halogens is 1. The Morgan fingerprint density at radius 1 is 1.45 bits per heavy atom. The highest BCUT2D eigenvalue weighted by molar-refractivity contribution is 9.10. The predicted octanol–water partition coefficient (Wildman–Crippen LogP) is 1.78. The number of hydrogen-bond donors (Lipinski definition) is 3. The largest absolute Gasteiger partial charge is 0.398 e. The van der Waals surface area contributed by atoms with Crippen LogP contribution in [0.5, 0.6) is 0 Å². The molecule has 0 aliphatic heterocycles. The fourth-order valence-electron chi connectivity index (χ4n) is 2.50. The Hall–Kier alpha value is -0.630. The van der Waals surface area contributed by atoms with Crippen molar-refractivity contribution in [1.82, 2.24) is 4.72 Å². The fraction of sp³-hybridized carbons (Fsp3) is 0.538. The SMILES string of the molecule is Cc1c(N)cc(Br)cc1S(=O)(=O)NCC1CCCC1O. The van der Waals surface area contributed by atoms with Crippen LogP contribution < -0.4 is 10.5 Å². The van der Waals surface area contributed by atoms with Gasteiger partial charge in [-0.3, -0.25) is 0 Å². The summed E-state index contributed by atoms with van der Waals surface area (Å²) in [6.45, 7) is 1.94. The zero-order valence-electron chi connectivity index (χ0n) is 11.3. The molecular formula is C13H19BrN2O3S. The van der Waals surface area contributed by atoms with E-state index in [1.807, 2.05) is 0 Å². The summed E-state index contributed by atoms with van der Waals surface area (Å²) in [5, 5.41) is 9.74. The zero-order chi connectivity index (χ0) is 14.9. The number of benzene rings is 1. The molecule has 2 rings (SSSR count). The Balaban J connectivity index is 2.18. The van der Waals surface area contributed by atoms with Crippen LogP contribution in [0.3, 0.4) is 0 Å². The molecule has 1 aromatic carbocycles. The van der Waals surface area contributed by atoms with E-state index < -0.39 is 16.1 Å². The molecule has 0 aromatic heterocycles.